The minimum atomic E-state index is 0.676. The number of hydrogen-bond donors (Lipinski definition) is 2. The van der Waals surface area contributed by atoms with Crippen LogP contribution in [0.2, 0.25) is 0 Å². The maximum absolute atomic E-state index is 4.72. The van der Waals surface area contributed by atoms with E-state index in [4.69, 9.17) is 4.99 Å². The molecule has 0 atom stereocenters. The number of nitrogens with zero attached hydrogens (tertiary/aromatic N) is 3. The Labute approximate surface area is 166 Å². The van der Waals surface area contributed by atoms with Gasteiger partial charge in [0.05, 0.1) is 18.8 Å². The third-order valence-corrected chi connectivity index (χ3v) is 5.94. The summed E-state index contributed by atoms with van der Waals surface area (Å²) in [4.78, 5) is 13.1. The summed E-state index contributed by atoms with van der Waals surface area (Å²) >= 11 is 1.74. The van der Waals surface area contributed by atoms with E-state index in [0.29, 0.717) is 13.1 Å². The van der Waals surface area contributed by atoms with Crippen molar-refractivity contribution in [3.05, 3.63) is 51.0 Å². The Morgan fingerprint density at radius 1 is 1.11 bits per heavy atom. The van der Waals surface area contributed by atoms with E-state index in [1.165, 1.54) is 41.9 Å². The summed E-state index contributed by atoms with van der Waals surface area (Å²) in [5.74, 6) is 0.837. The van der Waals surface area contributed by atoms with Crippen LogP contribution in [0.1, 0.15) is 46.5 Å². The van der Waals surface area contributed by atoms with E-state index in [1.807, 2.05) is 0 Å². The zero-order valence-corrected chi connectivity index (χ0v) is 17.5. The number of benzene rings is 1. The zero-order valence-electron chi connectivity index (χ0n) is 16.7. The molecule has 1 aromatic heterocycles. The first-order valence-electron chi connectivity index (χ1n) is 9.89. The number of hydrogen-bond acceptors (Lipinski definition) is 4. The number of thiazole rings is 1. The van der Waals surface area contributed by atoms with Gasteiger partial charge in [0.15, 0.2) is 5.96 Å². The highest BCUT2D eigenvalue weighted by molar-refractivity contribution is 7.11. The first-order chi connectivity index (χ1) is 13.1. The lowest BCUT2D eigenvalue weighted by Gasteiger charge is -2.14. The molecule has 0 bridgehead atoms. The Bertz CT molecular complexity index is 725. The number of rotatable bonds is 7. The molecule has 0 unspecified atom stereocenters. The molecule has 3 rings (SSSR count). The van der Waals surface area contributed by atoms with Gasteiger partial charge in [-0.2, -0.15) is 0 Å². The number of likely N-dealkylation sites (tertiary alicyclic amines) is 1. The topological polar surface area (TPSA) is 52.6 Å². The quantitative estimate of drug-likeness (QED) is 0.565. The van der Waals surface area contributed by atoms with Gasteiger partial charge in [-0.3, -0.25) is 4.90 Å². The minimum Gasteiger partial charge on any atom is -0.357 e. The van der Waals surface area contributed by atoms with Crippen molar-refractivity contribution in [2.75, 3.05) is 19.6 Å². The molecule has 146 valence electrons. The fraction of sp³-hybridized carbons (Fsp3) is 0.524. The van der Waals surface area contributed by atoms with E-state index >= 15 is 0 Å². The standard InChI is InChI=1S/C21H31N5S/c1-4-22-21(24-14-20-25-16(2)17(3)27-20)23-13-18-7-9-19(10-8-18)15-26-11-5-6-12-26/h7-10H,4-6,11-15H2,1-3H3,(H2,22,23,24). The summed E-state index contributed by atoms with van der Waals surface area (Å²) in [5.41, 5.74) is 3.75. The molecule has 2 N–H and O–H groups in total. The Balaban J connectivity index is 1.53. The summed E-state index contributed by atoms with van der Waals surface area (Å²) in [7, 11) is 0. The monoisotopic (exact) mass is 385 g/mol. The van der Waals surface area contributed by atoms with Gasteiger partial charge in [-0.1, -0.05) is 24.3 Å². The molecule has 0 aliphatic carbocycles. The number of aliphatic imine (C=N–C) groups is 1. The second kappa shape index (κ2) is 9.85. The molecular formula is C21H31N5S. The fourth-order valence-corrected chi connectivity index (χ4v) is 4.11. The van der Waals surface area contributed by atoms with Crippen molar-refractivity contribution >= 4 is 17.3 Å². The Morgan fingerprint density at radius 3 is 2.44 bits per heavy atom. The normalized spacial score (nSPS) is 15.3. The van der Waals surface area contributed by atoms with Gasteiger partial charge in [0, 0.05) is 18.0 Å². The molecule has 0 spiro atoms. The van der Waals surface area contributed by atoms with Crippen molar-refractivity contribution in [3.63, 3.8) is 0 Å². The Hall–Kier alpha value is -1.92. The fourth-order valence-electron chi connectivity index (χ4n) is 3.24. The van der Waals surface area contributed by atoms with Gasteiger partial charge in [-0.25, -0.2) is 9.98 Å². The number of aromatic nitrogens is 1. The van der Waals surface area contributed by atoms with Gasteiger partial charge in [0.1, 0.15) is 5.01 Å². The third kappa shape index (κ3) is 6.04. The van der Waals surface area contributed by atoms with Crippen LogP contribution in [0.3, 0.4) is 0 Å². The van der Waals surface area contributed by atoms with Crippen LogP contribution in [-0.2, 0) is 19.6 Å². The van der Waals surface area contributed by atoms with E-state index in [2.05, 4.69) is 65.6 Å². The van der Waals surface area contributed by atoms with Crippen molar-refractivity contribution in [2.24, 2.45) is 4.99 Å². The average molecular weight is 386 g/mol. The number of guanidine groups is 1. The van der Waals surface area contributed by atoms with E-state index in [1.54, 1.807) is 11.3 Å². The lowest BCUT2D eigenvalue weighted by Crippen LogP contribution is -2.36. The third-order valence-electron chi connectivity index (χ3n) is 4.87. The van der Waals surface area contributed by atoms with E-state index in [9.17, 15) is 0 Å². The van der Waals surface area contributed by atoms with Crippen LogP contribution in [0, 0.1) is 13.8 Å². The number of aryl methyl sites for hydroxylation is 2. The molecule has 2 aromatic rings. The SMILES string of the molecule is CCNC(=NCc1ccc(CN2CCCC2)cc1)NCc1nc(C)c(C)s1. The second-order valence-corrected chi connectivity index (χ2v) is 8.39. The highest BCUT2D eigenvalue weighted by Crippen LogP contribution is 2.16. The molecule has 27 heavy (non-hydrogen) atoms. The van der Waals surface area contributed by atoms with Crippen LogP contribution in [0.15, 0.2) is 29.3 Å². The lowest BCUT2D eigenvalue weighted by molar-refractivity contribution is 0.331. The van der Waals surface area contributed by atoms with Crippen LogP contribution in [0.5, 0.6) is 0 Å². The summed E-state index contributed by atoms with van der Waals surface area (Å²) in [6.07, 6.45) is 2.68. The molecule has 1 aromatic carbocycles. The van der Waals surface area contributed by atoms with Crippen LogP contribution in [0.4, 0.5) is 0 Å². The molecule has 1 aliphatic rings. The van der Waals surface area contributed by atoms with Crippen molar-refractivity contribution in [1.29, 1.82) is 0 Å². The van der Waals surface area contributed by atoms with E-state index < -0.39 is 0 Å². The highest BCUT2D eigenvalue weighted by Gasteiger charge is 2.11. The summed E-state index contributed by atoms with van der Waals surface area (Å²) in [6.45, 7) is 12.0. The zero-order chi connectivity index (χ0) is 19.1. The first kappa shape index (κ1) is 19.8. The minimum absolute atomic E-state index is 0.676. The van der Waals surface area contributed by atoms with Crippen LogP contribution >= 0.6 is 11.3 Å². The molecule has 2 heterocycles. The number of nitrogens with one attached hydrogen (secondary N) is 2. The summed E-state index contributed by atoms with van der Waals surface area (Å²) in [6, 6.07) is 8.88. The van der Waals surface area contributed by atoms with Crippen molar-refractivity contribution < 1.29 is 0 Å². The van der Waals surface area contributed by atoms with Crippen LogP contribution in [-0.4, -0.2) is 35.5 Å². The Kier molecular flexibility index (Phi) is 7.24. The molecule has 1 fully saturated rings. The molecule has 1 aliphatic heterocycles. The van der Waals surface area contributed by atoms with Gasteiger partial charge >= 0.3 is 0 Å². The van der Waals surface area contributed by atoms with Gasteiger partial charge in [0.25, 0.3) is 0 Å². The lowest BCUT2D eigenvalue weighted by atomic mass is 10.1. The molecule has 6 heteroatoms. The molecule has 0 radical (unpaired) electrons. The van der Waals surface area contributed by atoms with Crippen molar-refractivity contribution in [2.45, 2.75) is 53.2 Å². The van der Waals surface area contributed by atoms with Crippen molar-refractivity contribution in [3.8, 4) is 0 Å². The van der Waals surface area contributed by atoms with Gasteiger partial charge in [-0.05, 0) is 57.8 Å². The maximum atomic E-state index is 4.72. The van der Waals surface area contributed by atoms with Gasteiger partial charge in [0.2, 0.25) is 0 Å². The van der Waals surface area contributed by atoms with E-state index in [-0.39, 0.29) is 0 Å². The average Bonchev–Trinajstić information content (AvgIpc) is 3.28. The Morgan fingerprint density at radius 2 is 1.81 bits per heavy atom. The second-order valence-electron chi connectivity index (χ2n) is 7.10. The largest absolute Gasteiger partial charge is 0.357 e. The summed E-state index contributed by atoms with van der Waals surface area (Å²) < 4.78 is 0. The predicted octanol–water partition coefficient (Wildman–Crippen LogP) is 3.61. The van der Waals surface area contributed by atoms with Gasteiger partial charge < -0.3 is 10.6 Å². The molecule has 5 nitrogen and oxygen atoms in total. The summed E-state index contributed by atoms with van der Waals surface area (Å²) in [5, 5.41) is 7.80. The molecule has 1 saturated heterocycles. The maximum Gasteiger partial charge on any atom is 0.191 e. The molecule has 0 amide bonds. The predicted molar refractivity (Wildman–Crippen MR) is 114 cm³/mol. The molecular weight excluding hydrogens is 354 g/mol. The van der Waals surface area contributed by atoms with Crippen LogP contribution in [0.25, 0.3) is 0 Å². The highest BCUT2D eigenvalue weighted by atomic mass is 32.1. The first-order valence-corrected chi connectivity index (χ1v) is 10.7. The molecule has 0 saturated carbocycles. The van der Waals surface area contributed by atoms with Gasteiger partial charge in [-0.15, -0.1) is 11.3 Å². The van der Waals surface area contributed by atoms with Crippen molar-refractivity contribution in [1.82, 2.24) is 20.5 Å². The smallest absolute Gasteiger partial charge is 0.191 e. The van der Waals surface area contributed by atoms with Crippen LogP contribution < -0.4 is 10.6 Å². The van der Waals surface area contributed by atoms with E-state index in [0.717, 1.165) is 29.8 Å².